The van der Waals surface area contributed by atoms with Gasteiger partial charge in [-0.15, -0.1) is 5.10 Å². The van der Waals surface area contributed by atoms with E-state index in [4.69, 9.17) is 21.1 Å². The zero-order valence-corrected chi connectivity index (χ0v) is 16.0. The number of benzene rings is 2. The molecule has 1 aromatic heterocycles. The highest BCUT2D eigenvalue weighted by Gasteiger charge is 2.27. The van der Waals surface area contributed by atoms with E-state index < -0.39 is 0 Å². The second kappa shape index (κ2) is 8.00. The van der Waals surface area contributed by atoms with E-state index >= 15 is 0 Å². The summed E-state index contributed by atoms with van der Waals surface area (Å²) in [5.41, 5.74) is 2.95. The van der Waals surface area contributed by atoms with Crippen molar-refractivity contribution in [2.75, 3.05) is 7.11 Å². The predicted octanol–water partition coefficient (Wildman–Crippen LogP) is 3.14. The number of carbonyl (C=O) groups is 1. The summed E-state index contributed by atoms with van der Waals surface area (Å²) in [7, 11) is 1.63. The number of halogens is 1. The number of nitrogens with one attached hydrogen (secondary N) is 1. The van der Waals surface area contributed by atoms with Crippen molar-refractivity contribution in [1.82, 2.24) is 20.3 Å². The van der Waals surface area contributed by atoms with Gasteiger partial charge in [-0.3, -0.25) is 4.79 Å². The largest absolute Gasteiger partial charge is 0.497 e. The van der Waals surface area contributed by atoms with Crippen LogP contribution in [-0.4, -0.2) is 28.0 Å². The van der Waals surface area contributed by atoms with Crippen LogP contribution >= 0.6 is 11.6 Å². The molecule has 144 valence electrons. The first-order valence-electron chi connectivity index (χ1n) is 8.84. The monoisotopic (exact) mass is 398 g/mol. The van der Waals surface area contributed by atoms with Gasteiger partial charge in [-0.25, -0.2) is 4.68 Å². The Kier molecular flexibility index (Phi) is 5.27. The number of fused-ring (bicyclic) bond motifs is 1. The summed E-state index contributed by atoms with van der Waals surface area (Å²) in [5, 5.41) is 11.7. The molecule has 8 heteroatoms. The molecule has 1 aliphatic rings. The van der Waals surface area contributed by atoms with E-state index in [1.54, 1.807) is 23.9 Å². The molecule has 2 heterocycles. The molecule has 1 N–H and O–H groups in total. The van der Waals surface area contributed by atoms with Gasteiger partial charge in [0.05, 0.1) is 26.0 Å². The third-order valence-corrected chi connectivity index (χ3v) is 4.92. The molecule has 0 unspecified atom stereocenters. The SMILES string of the molecule is COc1ccc([C@@H]2Cn3nnc(C(=O)NCc4ccc(Cl)cc4)c3CO2)cc1. The lowest BCUT2D eigenvalue weighted by molar-refractivity contribution is -0.00179. The number of hydrogen-bond acceptors (Lipinski definition) is 5. The summed E-state index contributed by atoms with van der Waals surface area (Å²) in [4.78, 5) is 12.5. The van der Waals surface area contributed by atoms with Crippen molar-refractivity contribution in [3.8, 4) is 5.75 Å². The number of nitrogens with zero attached hydrogens (tertiary/aromatic N) is 3. The first-order chi connectivity index (χ1) is 13.6. The highest BCUT2D eigenvalue weighted by Crippen LogP contribution is 2.28. The van der Waals surface area contributed by atoms with Crippen LogP contribution in [0.5, 0.6) is 5.75 Å². The van der Waals surface area contributed by atoms with Crippen LogP contribution in [0.25, 0.3) is 0 Å². The number of amides is 1. The average molecular weight is 399 g/mol. The lowest BCUT2D eigenvalue weighted by Gasteiger charge is -2.24. The van der Waals surface area contributed by atoms with E-state index in [2.05, 4.69) is 15.6 Å². The Balaban J connectivity index is 1.42. The minimum atomic E-state index is -0.275. The van der Waals surface area contributed by atoms with Gasteiger partial charge in [-0.2, -0.15) is 0 Å². The summed E-state index contributed by atoms with van der Waals surface area (Å²) in [6.07, 6.45) is -0.148. The third-order valence-electron chi connectivity index (χ3n) is 4.67. The Hall–Kier alpha value is -2.90. The average Bonchev–Trinajstić information content (AvgIpc) is 3.16. The van der Waals surface area contributed by atoms with Crippen molar-refractivity contribution in [3.05, 3.63) is 76.1 Å². The van der Waals surface area contributed by atoms with Crippen LogP contribution in [0.4, 0.5) is 0 Å². The highest BCUT2D eigenvalue weighted by atomic mass is 35.5. The molecule has 0 fully saturated rings. The van der Waals surface area contributed by atoms with Crippen molar-refractivity contribution in [2.45, 2.75) is 25.8 Å². The van der Waals surface area contributed by atoms with Crippen molar-refractivity contribution in [2.24, 2.45) is 0 Å². The summed E-state index contributed by atoms with van der Waals surface area (Å²) in [5.74, 6) is 0.517. The fraction of sp³-hybridized carbons (Fsp3) is 0.250. The first kappa shape index (κ1) is 18.5. The van der Waals surface area contributed by atoms with Crippen molar-refractivity contribution < 1.29 is 14.3 Å². The standard InChI is InChI=1S/C20H19ClN4O3/c1-27-16-8-4-14(5-9-16)18-11-25-17(12-28-18)19(23-24-25)20(26)22-10-13-2-6-15(21)7-3-13/h2-9,18H,10-12H2,1H3,(H,22,26)/t18-/m0/s1. The molecule has 1 aliphatic heterocycles. The van der Waals surface area contributed by atoms with E-state index in [0.717, 1.165) is 16.9 Å². The molecule has 2 aromatic carbocycles. The van der Waals surface area contributed by atoms with Crippen LogP contribution in [0.2, 0.25) is 5.02 Å². The minimum Gasteiger partial charge on any atom is -0.497 e. The van der Waals surface area contributed by atoms with Crippen molar-refractivity contribution in [3.63, 3.8) is 0 Å². The molecule has 4 rings (SSSR count). The number of methoxy groups -OCH3 is 1. The van der Waals surface area contributed by atoms with E-state index in [-0.39, 0.29) is 18.6 Å². The molecule has 0 spiro atoms. The number of ether oxygens (including phenoxy) is 2. The second-order valence-corrected chi connectivity index (χ2v) is 6.89. The molecule has 0 saturated heterocycles. The highest BCUT2D eigenvalue weighted by molar-refractivity contribution is 6.30. The van der Waals surface area contributed by atoms with Crippen LogP contribution in [-0.2, 0) is 24.4 Å². The summed E-state index contributed by atoms with van der Waals surface area (Å²) >= 11 is 5.88. The number of hydrogen-bond donors (Lipinski definition) is 1. The lowest BCUT2D eigenvalue weighted by atomic mass is 10.1. The van der Waals surface area contributed by atoms with Crippen LogP contribution in [0.1, 0.15) is 33.4 Å². The molecule has 3 aromatic rings. The van der Waals surface area contributed by atoms with Gasteiger partial charge in [0.25, 0.3) is 5.91 Å². The van der Waals surface area contributed by atoms with Gasteiger partial charge in [0.2, 0.25) is 0 Å². The van der Waals surface area contributed by atoms with E-state index in [1.807, 2.05) is 36.4 Å². The maximum Gasteiger partial charge on any atom is 0.274 e. The summed E-state index contributed by atoms with van der Waals surface area (Å²) < 4.78 is 12.9. The zero-order valence-electron chi connectivity index (χ0n) is 15.3. The second-order valence-electron chi connectivity index (χ2n) is 6.45. The summed E-state index contributed by atoms with van der Waals surface area (Å²) in [6.45, 7) is 1.16. The van der Waals surface area contributed by atoms with Gasteiger partial charge in [0.1, 0.15) is 11.9 Å². The van der Waals surface area contributed by atoms with Gasteiger partial charge < -0.3 is 14.8 Å². The quantitative estimate of drug-likeness (QED) is 0.714. The molecular weight excluding hydrogens is 380 g/mol. The van der Waals surface area contributed by atoms with Gasteiger partial charge in [0.15, 0.2) is 5.69 Å². The Morgan fingerprint density at radius 3 is 2.71 bits per heavy atom. The number of aromatic nitrogens is 3. The fourth-order valence-corrected chi connectivity index (χ4v) is 3.20. The lowest BCUT2D eigenvalue weighted by Crippen LogP contribution is -2.27. The molecule has 7 nitrogen and oxygen atoms in total. The van der Waals surface area contributed by atoms with Crippen LogP contribution in [0.3, 0.4) is 0 Å². The van der Waals surface area contributed by atoms with Crippen LogP contribution in [0.15, 0.2) is 48.5 Å². The van der Waals surface area contributed by atoms with E-state index in [0.29, 0.717) is 29.5 Å². The molecule has 0 aliphatic carbocycles. The minimum absolute atomic E-state index is 0.148. The number of rotatable bonds is 5. The topological polar surface area (TPSA) is 78.3 Å². The predicted molar refractivity (Wildman–Crippen MR) is 103 cm³/mol. The molecule has 28 heavy (non-hydrogen) atoms. The van der Waals surface area contributed by atoms with E-state index in [9.17, 15) is 4.79 Å². The zero-order chi connectivity index (χ0) is 19.5. The number of carbonyl (C=O) groups excluding carboxylic acids is 1. The van der Waals surface area contributed by atoms with Gasteiger partial charge >= 0.3 is 0 Å². The van der Waals surface area contributed by atoms with Gasteiger partial charge in [-0.05, 0) is 35.4 Å². The Morgan fingerprint density at radius 2 is 2.00 bits per heavy atom. The van der Waals surface area contributed by atoms with Crippen LogP contribution in [0, 0.1) is 0 Å². The normalized spacial score (nSPS) is 15.7. The van der Waals surface area contributed by atoms with Gasteiger partial charge in [-0.1, -0.05) is 41.1 Å². The Bertz CT molecular complexity index is 970. The Morgan fingerprint density at radius 1 is 1.25 bits per heavy atom. The Labute approximate surface area is 167 Å². The van der Waals surface area contributed by atoms with Crippen molar-refractivity contribution >= 4 is 17.5 Å². The molecule has 0 bridgehead atoms. The molecule has 1 atom stereocenters. The maximum absolute atomic E-state index is 12.5. The molecule has 0 saturated carbocycles. The molecular formula is C20H19ClN4O3. The molecule has 1 amide bonds. The summed E-state index contributed by atoms with van der Waals surface area (Å²) in [6, 6.07) is 15.0. The molecule has 0 radical (unpaired) electrons. The third kappa shape index (κ3) is 3.85. The van der Waals surface area contributed by atoms with Gasteiger partial charge in [0, 0.05) is 11.6 Å². The smallest absolute Gasteiger partial charge is 0.274 e. The van der Waals surface area contributed by atoms with Crippen LogP contribution < -0.4 is 10.1 Å². The van der Waals surface area contributed by atoms with E-state index in [1.165, 1.54) is 0 Å². The first-order valence-corrected chi connectivity index (χ1v) is 9.22. The maximum atomic E-state index is 12.5. The fourth-order valence-electron chi connectivity index (χ4n) is 3.08. The van der Waals surface area contributed by atoms with Crippen molar-refractivity contribution in [1.29, 1.82) is 0 Å².